The normalized spacial score (nSPS) is 13.6. The summed E-state index contributed by atoms with van der Waals surface area (Å²) in [7, 11) is 0.442. The lowest BCUT2D eigenvalue weighted by atomic mass is 10.4. The van der Waals surface area contributed by atoms with Crippen molar-refractivity contribution in [1.29, 1.82) is 0 Å². The molecule has 0 fully saturated rings. The molecule has 0 heterocycles. The molecule has 1 N–H and O–H groups in total. The fourth-order valence-corrected chi connectivity index (χ4v) is 2.39. The summed E-state index contributed by atoms with van der Waals surface area (Å²) >= 11 is 0. The Labute approximate surface area is 106 Å². The molecule has 0 atom stereocenters. The summed E-state index contributed by atoms with van der Waals surface area (Å²) in [5.74, 6) is 0. The standard InChI is InChI=1S/C9H20F3N3O2S/c1-13-6-4-7-14(2)18(16,17)15(3)8-5-9(10,11)12/h13H,4-8H2,1-3H3. The molecule has 0 saturated heterocycles. The average molecular weight is 291 g/mol. The van der Waals surface area contributed by atoms with Crippen LogP contribution in [0.15, 0.2) is 0 Å². The molecule has 0 saturated carbocycles. The first-order valence-corrected chi connectivity index (χ1v) is 6.90. The van der Waals surface area contributed by atoms with E-state index in [1.807, 2.05) is 0 Å². The maximum atomic E-state index is 12.0. The highest BCUT2D eigenvalue weighted by Gasteiger charge is 2.31. The highest BCUT2D eigenvalue weighted by atomic mass is 32.2. The number of nitrogens with zero attached hydrogens (tertiary/aromatic N) is 2. The Morgan fingerprint density at radius 3 is 2.06 bits per heavy atom. The van der Waals surface area contributed by atoms with Gasteiger partial charge in [-0.15, -0.1) is 0 Å². The zero-order valence-corrected chi connectivity index (χ0v) is 11.6. The van der Waals surface area contributed by atoms with Gasteiger partial charge in [0.1, 0.15) is 0 Å². The van der Waals surface area contributed by atoms with Crippen molar-refractivity contribution in [1.82, 2.24) is 13.9 Å². The summed E-state index contributed by atoms with van der Waals surface area (Å²) in [6.45, 7) is 0.341. The second-order valence-corrected chi connectivity index (χ2v) is 6.12. The first-order chi connectivity index (χ1) is 8.11. The molecule has 0 aliphatic carbocycles. The molecular weight excluding hydrogens is 271 g/mol. The predicted octanol–water partition coefficient (Wildman–Crippen LogP) is 0.657. The first-order valence-electron chi connectivity index (χ1n) is 5.50. The van der Waals surface area contributed by atoms with Crippen LogP contribution in [0.4, 0.5) is 13.2 Å². The largest absolute Gasteiger partial charge is 0.390 e. The molecule has 0 aromatic carbocycles. The van der Waals surface area contributed by atoms with Crippen molar-refractivity contribution in [3.8, 4) is 0 Å². The van der Waals surface area contributed by atoms with Crippen LogP contribution >= 0.6 is 0 Å². The summed E-state index contributed by atoms with van der Waals surface area (Å²) in [4.78, 5) is 0. The Morgan fingerprint density at radius 2 is 1.61 bits per heavy atom. The van der Waals surface area contributed by atoms with E-state index in [4.69, 9.17) is 0 Å². The van der Waals surface area contributed by atoms with Gasteiger partial charge < -0.3 is 5.32 Å². The van der Waals surface area contributed by atoms with E-state index in [-0.39, 0.29) is 6.54 Å². The molecule has 0 amide bonds. The number of hydrogen-bond donors (Lipinski definition) is 1. The number of nitrogens with one attached hydrogen (secondary N) is 1. The molecular formula is C9H20F3N3O2S. The third-order valence-electron chi connectivity index (χ3n) is 2.40. The van der Waals surface area contributed by atoms with Gasteiger partial charge in [-0.25, -0.2) is 0 Å². The number of rotatable bonds is 8. The Kier molecular flexibility index (Phi) is 7.11. The van der Waals surface area contributed by atoms with E-state index in [0.29, 0.717) is 13.0 Å². The minimum absolute atomic E-state index is 0.263. The minimum Gasteiger partial charge on any atom is -0.320 e. The highest BCUT2D eigenvalue weighted by Crippen LogP contribution is 2.20. The molecule has 0 radical (unpaired) electrons. The Bertz CT molecular complexity index is 332. The lowest BCUT2D eigenvalue weighted by Crippen LogP contribution is -2.41. The van der Waals surface area contributed by atoms with Gasteiger partial charge in [0, 0.05) is 27.2 Å². The molecule has 0 bridgehead atoms. The number of hydrogen-bond acceptors (Lipinski definition) is 3. The second-order valence-electron chi connectivity index (χ2n) is 3.97. The van der Waals surface area contributed by atoms with E-state index >= 15 is 0 Å². The van der Waals surface area contributed by atoms with Gasteiger partial charge in [-0.2, -0.15) is 30.2 Å². The number of halogens is 3. The fourth-order valence-electron chi connectivity index (χ4n) is 1.23. The van der Waals surface area contributed by atoms with Crippen LogP contribution in [0, 0.1) is 0 Å². The van der Waals surface area contributed by atoms with Crippen LogP contribution in [0.3, 0.4) is 0 Å². The molecule has 0 unspecified atom stereocenters. The van der Waals surface area contributed by atoms with Crippen molar-refractivity contribution < 1.29 is 21.6 Å². The second kappa shape index (κ2) is 7.27. The van der Waals surface area contributed by atoms with E-state index in [2.05, 4.69) is 5.32 Å². The maximum absolute atomic E-state index is 12.0. The van der Waals surface area contributed by atoms with Gasteiger partial charge in [0.25, 0.3) is 10.2 Å². The zero-order valence-electron chi connectivity index (χ0n) is 10.8. The van der Waals surface area contributed by atoms with Crippen LogP contribution in [0.25, 0.3) is 0 Å². The van der Waals surface area contributed by atoms with Gasteiger partial charge in [-0.3, -0.25) is 0 Å². The monoisotopic (exact) mass is 291 g/mol. The van der Waals surface area contributed by atoms with Gasteiger partial charge in [0.15, 0.2) is 0 Å². The van der Waals surface area contributed by atoms with Crippen LogP contribution in [0.5, 0.6) is 0 Å². The Morgan fingerprint density at radius 1 is 1.11 bits per heavy atom. The fraction of sp³-hybridized carbons (Fsp3) is 1.00. The molecule has 0 aromatic heterocycles. The third-order valence-corrected chi connectivity index (χ3v) is 4.34. The van der Waals surface area contributed by atoms with Crippen LogP contribution in [0.1, 0.15) is 12.8 Å². The van der Waals surface area contributed by atoms with Crippen LogP contribution in [-0.2, 0) is 10.2 Å². The maximum Gasteiger partial charge on any atom is 0.390 e. The van der Waals surface area contributed by atoms with E-state index in [1.165, 1.54) is 7.05 Å². The van der Waals surface area contributed by atoms with Gasteiger partial charge in [-0.1, -0.05) is 0 Å². The third kappa shape index (κ3) is 6.53. The van der Waals surface area contributed by atoms with Gasteiger partial charge in [0.05, 0.1) is 6.42 Å². The molecule has 110 valence electrons. The summed E-state index contributed by atoms with van der Waals surface area (Å²) in [5.41, 5.74) is 0. The predicted molar refractivity (Wildman–Crippen MR) is 63.4 cm³/mol. The van der Waals surface area contributed by atoms with Crippen LogP contribution in [-0.4, -0.2) is 64.0 Å². The topological polar surface area (TPSA) is 52.7 Å². The van der Waals surface area contributed by atoms with E-state index < -0.39 is 29.4 Å². The highest BCUT2D eigenvalue weighted by molar-refractivity contribution is 7.86. The summed E-state index contributed by atoms with van der Waals surface area (Å²) in [5, 5.41) is 2.86. The molecule has 5 nitrogen and oxygen atoms in total. The molecule has 0 spiro atoms. The van der Waals surface area contributed by atoms with E-state index in [1.54, 1.807) is 7.05 Å². The minimum atomic E-state index is -4.35. The van der Waals surface area contributed by atoms with Crippen LogP contribution in [0.2, 0.25) is 0 Å². The molecule has 9 heteroatoms. The van der Waals surface area contributed by atoms with Gasteiger partial charge in [-0.05, 0) is 20.0 Å². The first kappa shape index (κ1) is 17.6. The lowest BCUT2D eigenvalue weighted by Gasteiger charge is -2.24. The summed E-state index contributed by atoms with van der Waals surface area (Å²) in [6, 6.07) is 0. The van der Waals surface area contributed by atoms with E-state index in [0.717, 1.165) is 15.7 Å². The summed E-state index contributed by atoms with van der Waals surface area (Å²) < 4.78 is 61.4. The van der Waals surface area contributed by atoms with Gasteiger partial charge in [0.2, 0.25) is 0 Å². The van der Waals surface area contributed by atoms with Gasteiger partial charge >= 0.3 is 6.18 Å². The zero-order chi connectivity index (χ0) is 14.4. The van der Waals surface area contributed by atoms with Crippen molar-refractivity contribution in [2.45, 2.75) is 19.0 Å². The Balaban J connectivity index is 4.33. The SMILES string of the molecule is CNCCCN(C)S(=O)(=O)N(C)CCC(F)(F)F. The molecule has 18 heavy (non-hydrogen) atoms. The molecule has 0 aromatic rings. The van der Waals surface area contributed by atoms with Crippen molar-refractivity contribution in [2.24, 2.45) is 0 Å². The average Bonchev–Trinajstić information content (AvgIpc) is 2.24. The lowest BCUT2D eigenvalue weighted by molar-refractivity contribution is -0.135. The molecule has 0 rings (SSSR count). The Hall–Kier alpha value is -0.380. The van der Waals surface area contributed by atoms with Crippen molar-refractivity contribution in [2.75, 3.05) is 40.8 Å². The van der Waals surface area contributed by atoms with Crippen molar-refractivity contribution in [3.05, 3.63) is 0 Å². The smallest absolute Gasteiger partial charge is 0.320 e. The van der Waals surface area contributed by atoms with Crippen molar-refractivity contribution >= 4 is 10.2 Å². The van der Waals surface area contributed by atoms with E-state index in [9.17, 15) is 21.6 Å². The summed E-state index contributed by atoms with van der Waals surface area (Å²) in [6.07, 6.45) is -4.90. The molecule has 0 aliphatic heterocycles. The number of alkyl halides is 3. The molecule has 0 aliphatic rings. The van der Waals surface area contributed by atoms with Crippen LogP contribution < -0.4 is 5.32 Å². The van der Waals surface area contributed by atoms with Crippen molar-refractivity contribution in [3.63, 3.8) is 0 Å². The quantitative estimate of drug-likeness (QED) is 0.668.